The smallest absolute Gasteiger partial charge is 0.116 e. The SMILES string of the molecule is Cc1cc(O)cc2c1N=C1C(C)CCN1C2. The van der Waals surface area contributed by atoms with E-state index in [1.54, 1.807) is 6.07 Å². The summed E-state index contributed by atoms with van der Waals surface area (Å²) in [6, 6.07) is 3.63. The number of amidine groups is 1. The summed E-state index contributed by atoms with van der Waals surface area (Å²) >= 11 is 0. The van der Waals surface area contributed by atoms with Gasteiger partial charge >= 0.3 is 0 Å². The molecule has 0 aromatic heterocycles. The van der Waals surface area contributed by atoms with Crippen LogP contribution in [0.5, 0.6) is 5.75 Å². The minimum atomic E-state index is 0.349. The molecule has 2 heterocycles. The van der Waals surface area contributed by atoms with E-state index < -0.39 is 0 Å². The Bertz CT molecular complexity index is 479. The first kappa shape index (κ1) is 9.70. The van der Waals surface area contributed by atoms with Crippen molar-refractivity contribution in [2.24, 2.45) is 10.9 Å². The van der Waals surface area contributed by atoms with E-state index in [0.717, 1.165) is 29.9 Å². The van der Waals surface area contributed by atoms with Crippen molar-refractivity contribution >= 4 is 11.5 Å². The summed E-state index contributed by atoms with van der Waals surface area (Å²) in [5, 5.41) is 9.59. The van der Waals surface area contributed by atoms with E-state index in [4.69, 9.17) is 4.99 Å². The van der Waals surface area contributed by atoms with Crippen LogP contribution in [0.25, 0.3) is 0 Å². The number of aromatic hydroxyl groups is 1. The van der Waals surface area contributed by atoms with E-state index in [1.807, 2.05) is 13.0 Å². The number of aliphatic imine (C=N–C) groups is 1. The van der Waals surface area contributed by atoms with E-state index in [2.05, 4.69) is 11.8 Å². The maximum absolute atomic E-state index is 9.59. The Labute approximate surface area is 95.4 Å². The van der Waals surface area contributed by atoms with Crippen LogP contribution in [0.4, 0.5) is 5.69 Å². The van der Waals surface area contributed by atoms with E-state index in [0.29, 0.717) is 11.7 Å². The van der Waals surface area contributed by atoms with E-state index in [1.165, 1.54) is 12.3 Å². The predicted octanol–water partition coefficient (Wildman–Crippen LogP) is 2.59. The number of hydrogen-bond donors (Lipinski definition) is 1. The molecule has 0 aliphatic carbocycles. The van der Waals surface area contributed by atoms with Crippen LogP contribution in [-0.4, -0.2) is 22.4 Å². The Balaban J connectivity index is 2.14. The Kier molecular flexibility index (Phi) is 1.96. The number of fused-ring (bicyclic) bond motifs is 2. The van der Waals surface area contributed by atoms with Gasteiger partial charge in [-0.15, -0.1) is 0 Å². The second-order valence-electron chi connectivity index (χ2n) is 4.85. The van der Waals surface area contributed by atoms with Crippen LogP contribution in [0.15, 0.2) is 17.1 Å². The summed E-state index contributed by atoms with van der Waals surface area (Å²) in [6.07, 6.45) is 1.19. The number of phenolic OH excluding ortho intramolecular Hbond substituents is 1. The summed E-state index contributed by atoms with van der Waals surface area (Å²) < 4.78 is 0. The van der Waals surface area contributed by atoms with Gasteiger partial charge in [0.1, 0.15) is 11.6 Å². The van der Waals surface area contributed by atoms with Gasteiger partial charge in [0, 0.05) is 24.6 Å². The van der Waals surface area contributed by atoms with Gasteiger partial charge in [0.05, 0.1) is 5.69 Å². The lowest BCUT2D eigenvalue weighted by atomic mass is 10.0. The number of aryl methyl sites for hydroxylation is 1. The zero-order valence-electron chi connectivity index (χ0n) is 9.70. The zero-order valence-corrected chi connectivity index (χ0v) is 9.70. The van der Waals surface area contributed by atoms with Crippen LogP contribution in [0.2, 0.25) is 0 Å². The van der Waals surface area contributed by atoms with Crippen molar-refractivity contribution < 1.29 is 5.11 Å². The fourth-order valence-electron chi connectivity index (χ4n) is 2.68. The molecular formula is C13H16N2O. The molecule has 2 aliphatic rings. The second-order valence-corrected chi connectivity index (χ2v) is 4.85. The topological polar surface area (TPSA) is 35.8 Å². The van der Waals surface area contributed by atoms with Gasteiger partial charge in [0.15, 0.2) is 0 Å². The molecule has 84 valence electrons. The summed E-state index contributed by atoms with van der Waals surface area (Å²) in [4.78, 5) is 7.09. The molecule has 1 fully saturated rings. The van der Waals surface area contributed by atoms with Crippen molar-refractivity contribution in [3.8, 4) is 5.75 Å². The molecule has 16 heavy (non-hydrogen) atoms. The minimum absolute atomic E-state index is 0.349. The van der Waals surface area contributed by atoms with Gasteiger partial charge in [-0.1, -0.05) is 6.92 Å². The van der Waals surface area contributed by atoms with Gasteiger partial charge in [0.2, 0.25) is 0 Å². The average Bonchev–Trinajstić information content (AvgIpc) is 2.57. The highest BCUT2D eigenvalue weighted by Crippen LogP contribution is 2.36. The quantitative estimate of drug-likeness (QED) is 0.723. The van der Waals surface area contributed by atoms with E-state index in [-0.39, 0.29) is 0 Å². The van der Waals surface area contributed by atoms with E-state index >= 15 is 0 Å². The highest BCUT2D eigenvalue weighted by Gasteiger charge is 2.30. The monoisotopic (exact) mass is 216 g/mol. The van der Waals surface area contributed by atoms with Crippen molar-refractivity contribution in [2.75, 3.05) is 6.54 Å². The van der Waals surface area contributed by atoms with Gasteiger partial charge in [0.25, 0.3) is 0 Å². The molecule has 1 aromatic rings. The molecule has 1 unspecified atom stereocenters. The summed E-state index contributed by atoms with van der Waals surface area (Å²) in [5.41, 5.74) is 3.29. The molecule has 2 aliphatic heterocycles. The third kappa shape index (κ3) is 1.31. The fraction of sp³-hybridized carbons (Fsp3) is 0.462. The first-order valence-corrected chi connectivity index (χ1v) is 5.81. The summed E-state index contributed by atoms with van der Waals surface area (Å²) in [5.74, 6) is 2.14. The molecule has 0 saturated carbocycles. The van der Waals surface area contributed by atoms with Gasteiger partial charge in [-0.3, -0.25) is 0 Å². The molecular weight excluding hydrogens is 200 g/mol. The molecule has 1 N–H and O–H groups in total. The van der Waals surface area contributed by atoms with Gasteiger partial charge in [-0.05, 0) is 31.0 Å². The van der Waals surface area contributed by atoms with Crippen LogP contribution in [0.1, 0.15) is 24.5 Å². The number of nitrogens with zero attached hydrogens (tertiary/aromatic N) is 2. The largest absolute Gasteiger partial charge is 0.508 e. The Morgan fingerprint density at radius 1 is 1.44 bits per heavy atom. The molecule has 3 heteroatoms. The number of phenols is 1. The summed E-state index contributed by atoms with van der Waals surface area (Å²) in [7, 11) is 0. The lowest BCUT2D eigenvalue weighted by molar-refractivity contribution is 0.437. The normalized spacial score (nSPS) is 22.8. The number of benzene rings is 1. The van der Waals surface area contributed by atoms with Crippen LogP contribution >= 0.6 is 0 Å². The Morgan fingerprint density at radius 3 is 3.06 bits per heavy atom. The first-order chi connectivity index (χ1) is 7.65. The van der Waals surface area contributed by atoms with Crippen LogP contribution in [0, 0.1) is 12.8 Å². The molecule has 1 saturated heterocycles. The van der Waals surface area contributed by atoms with Crippen LogP contribution in [0.3, 0.4) is 0 Å². The van der Waals surface area contributed by atoms with Crippen LogP contribution < -0.4 is 0 Å². The van der Waals surface area contributed by atoms with Gasteiger partial charge in [-0.2, -0.15) is 0 Å². The first-order valence-electron chi connectivity index (χ1n) is 5.81. The van der Waals surface area contributed by atoms with Crippen molar-refractivity contribution in [1.82, 2.24) is 4.90 Å². The van der Waals surface area contributed by atoms with Crippen molar-refractivity contribution in [2.45, 2.75) is 26.8 Å². The molecule has 0 spiro atoms. The molecule has 0 bridgehead atoms. The zero-order chi connectivity index (χ0) is 11.3. The number of rotatable bonds is 0. The average molecular weight is 216 g/mol. The maximum atomic E-state index is 9.59. The second kappa shape index (κ2) is 3.24. The van der Waals surface area contributed by atoms with Crippen molar-refractivity contribution in [1.29, 1.82) is 0 Å². The van der Waals surface area contributed by atoms with Gasteiger partial charge in [-0.25, -0.2) is 4.99 Å². The highest BCUT2D eigenvalue weighted by atomic mass is 16.3. The molecule has 3 nitrogen and oxygen atoms in total. The molecule has 0 radical (unpaired) electrons. The standard InChI is InChI=1S/C13H16N2O/c1-8-3-4-15-7-10-6-11(16)5-9(2)12(10)14-13(8)15/h5-6,8,16H,3-4,7H2,1-2H3. The predicted molar refractivity (Wildman–Crippen MR) is 64.1 cm³/mol. The maximum Gasteiger partial charge on any atom is 0.116 e. The number of hydrogen-bond acceptors (Lipinski definition) is 3. The molecule has 1 aromatic carbocycles. The minimum Gasteiger partial charge on any atom is -0.508 e. The van der Waals surface area contributed by atoms with Crippen molar-refractivity contribution in [3.63, 3.8) is 0 Å². The molecule has 3 rings (SSSR count). The molecule has 1 atom stereocenters. The Morgan fingerprint density at radius 2 is 2.25 bits per heavy atom. The highest BCUT2D eigenvalue weighted by molar-refractivity contribution is 5.90. The summed E-state index contributed by atoms with van der Waals surface area (Å²) in [6.45, 7) is 6.24. The Hall–Kier alpha value is -1.51. The lowest BCUT2D eigenvalue weighted by Crippen LogP contribution is -2.29. The fourth-order valence-corrected chi connectivity index (χ4v) is 2.68. The van der Waals surface area contributed by atoms with Crippen molar-refractivity contribution in [3.05, 3.63) is 23.3 Å². The van der Waals surface area contributed by atoms with Crippen LogP contribution in [-0.2, 0) is 6.54 Å². The van der Waals surface area contributed by atoms with E-state index in [9.17, 15) is 5.11 Å². The third-order valence-corrected chi connectivity index (χ3v) is 3.55. The third-order valence-electron chi connectivity index (χ3n) is 3.55. The lowest BCUT2D eigenvalue weighted by Gasteiger charge is -2.26. The molecule has 0 amide bonds. The van der Waals surface area contributed by atoms with Gasteiger partial charge < -0.3 is 10.0 Å².